The molecule has 5 nitrogen and oxygen atoms in total. The molecule has 0 saturated heterocycles. The summed E-state index contributed by atoms with van der Waals surface area (Å²) in [7, 11) is 0. The van der Waals surface area contributed by atoms with E-state index in [0.29, 0.717) is 26.3 Å². The smallest absolute Gasteiger partial charge is 0.314 e. The molecule has 0 atom stereocenters. The molecule has 1 aromatic carbocycles. The summed E-state index contributed by atoms with van der Waals surface area (Å²) in [6.07, 6.45) is 0.815. The third kappa shape index (κ3) is 6.88. The third-order valence-electron chi connectivity index (χ3n) is 2.31. The van der Waals surface area contributed by atoms with E-state index in [2.05, 4.69) is 10.6 Å². The van der Waals surface area contributed by atoms with Gasteiger partial charge in [-0.15, -0.1) is 0 Å². The SMILES string of the molecule is O=C(NCCOCCO)NCCc1ccccc1. The summed E-state index contributed by atoms with van der Waals surface area (Å²) < 4.78 is 5.01. The summed E-state index contributed by atoms with van der Waals surface area (Å²) in [6, 6.07) is 9.79. The van der Waals surface area contributed by atoms with Crippen LogP contribution in [0.25, 0.3) is 0 Å². The van der Waals surface area contributed by atoms with E-state index in [4.69, 9.17) is 9.84 Å². The number of hydrogen-bond donors (Lipinski definition) is 3. The standard InChI is InChI=1S/C13H20N2O3/c16-9-11-18-10-8-15-13(17)14-7-6-12-4-2-1-3-5-12/h1-5,16H,6-11H2,(H2,14,15,17). The Morgan fingerprint density at radius 1 is 1.11 bits per heavy atom. The highest BCUT2D eigenvalue weighted by molar-refractivity contribution is 5.73. The molecule has 0 bridgehead atoms. The molecule has 0 aliphatic carbocycles. The monoisotopic (exact) mass is 252 g/mol. The Balaban J connectivity index is 2.00. The molecule has 1 aromatic rings. The van der Waals surface area contributed by atoms with Crippen LogP contribution in [0.2, 0.25) is 0 Å². The second kappa shape index (κ2) is 9.44. The fourth-order valence-corrected chi connectivity index (χ4v) is 1.43. The summed E-state index contributed by atoms with van der Waals surface area (Å²) in [6.45, 7) is 1.76. The molecule has 0 saturated carbocycles. The average Bonchev–Trinajstić information content (AvgIpc) is 2.40. The molecular formula is C13H20N2O3. The van der Waals surface area contributed by atoms with Crippen LogP contribution in [0.1, 0.15) is 5.56 Å². The lowest BCUT2D eigenvalue weighted by molar-refractivity contribution is 0.0947. The molecule has 0 aliphatic heterocycles. The van der Waals surface area contributed by atoms with Crippen LogP contribution in [0.4, 0.5) is 4.79 Å². The Kier molecular flexibility index (Phi) is 7.59. The van der Waals surface area contributed by atoms with Gasteiger partial charge in [0.1, 0.15) is 0 Å². The minimum absolute atomic E-state index is 0.00325. The highest BCUT2D eigenvalue weighted by Gasteiger charge is 1.98. The van der Waals surface area contributed by atoms with E-state index in [9.17, 15) is 4.79 Å². The molecule has 5 heteroatoms. The van der Waals surface area contributed by atoms with Crippen molar-refractivity contribution in [2.24, 2.45) is 0 Å². The topological polar surface area (TPSA) is 70.6 Å². The summed E-state index contributed by atoms with van der Waals surface area (Å²) >= 11 is 0. The molecule has 0 radical (unpaired) electrons. The third-order valence-corrected chi connectivity index (χ3v) is 2.31. The first-order valence-corrected chi connectivity index (χ1v) is 6.07. The predicted molar refractivity (Wildman–Crippen MR) is 69.5 cm³/mol. The zero-order valence-corrected chi connectivity index (χ0v) is 10.4. The van der Waals surface area contributed by atoms with E-state index >= 15 is 0 Å². The lowest BCUT2D eigenvalue weighted by atomic mass is 10.1. The first-order chi connectivity index (χ1) is 8.83. The minimum atomic E-state index is -0.196. The van der Waals surface area contributed by atoms with E-state index in [0.717, 1.165) is 6.42 Å². The van der Waals surface area contributed by atoms with E-state index in [1.807, 2.05) is 30.3 Å². The molecule has 2 amide bonds. The highest BCUT2D eigenvalue weighted by atomic mass is 16.5. The van der Waals surface area contributed by atoms with Crippen molar-refractivity contribution in [1.29, 1.82) is 0 Å². The number of nitrogens with one attached hydrogen (secondary N) is 2. The average molecular weight is 252 g/mol. The highest BCUT2D eigenvalue weighted by Crippen LogP contribution is 1.97. The van der Waals surface area contributed by atoms with Crippen LogP contribution in [0, 0.1) is 0 Å². The van der Waals surface area contributed by atoms with Gasteiger partial charge in [-0.05, 0) is 12.0 Å². The zero-order valence-electron chi connectivity index (χ0n) is 10.4. The maximum absolute atomic E-state index is 11.3. The van der Waals surface area contributed by atoms with Crippen LogP contribution in [0.3, 0.4) is 0 Å². The molecule has 1 rings (SSSR count). The van der Waals surface area contributed by atoms with Crippen LogP contribution in [-0.4, -0.2) is 44.0 Å². The summed E-state index contributed by atoms with van der Waals surface area (Å²) in [4.78, 5) is 11.3. The second-order valence-corrected chi connectivity index (χ2v) is 3.75. The number of aliphatic hydroxyl groups excluding tert-OH is 1. The fraction of sp³-hybridized carbons (Fsp3) is 0.462. The van der Waals surface area contributed by atoms with Gasteiger partial charge in [0.15, 0.2) is 0 Å². The van der Waals surface area contributed by atoms with E-state index in [-0.39, 0.29) is 12.6 Å². The lowest BCUT2D eigenvalue weighted by Gasteiger charge is -2.07. The zero-order chi connectivity index (χ0) is 13.1. The van der Waals surface area contributed by atoms with Crippen molar-refractivity contribution in [3.05, 3.63) is 35.9 Å². The van der Waals surface area contributed by atoms with Gasteiger partial charge in [0.2, 0.25) is 0 Å². The molecule has 0 aliphatic rings. The number of rotatable bonds is 8. The number of carbonyl (C=O) groups is 1. The van der Waals surface area contributed by atoms with Crippen LogP contribution in [-0.2, 0) is 11.2 Å². The summed E-state index contributed by atoms with van der Waals surface area (Å²) in [5, 5.41) is 13.9. The van der Waals surface area contributed by atoms with Gasteiger partial charge in [-0.25, -0.2) is 4.79 Å². The maximum Gasteiger partial charge on any atom is 0.314 e. The lowest BCUT2D eigenvalue weighted by Crippen LogP contribution is -2.38. The first-order valence-electron chi connectivity index (χ1n) is 6.07. The van der Waals surface area contributed by atoms with Gasteiger partial charge in [0, 0.05) is 13.1 Å². The van der Waals surface area contributed by atoms with Gasteiger partial charge in [-0.3, -0.25) is 0 Å². The number of amides is 2. The van der Waals surface area contributed by atoms with Crippen molar-refractivity contribution in [3.8, 4) is 0 Å². The van der Waals surface area contributed by atoms with Gasteiger partial charge >= 0.3 is 6.03 Å². The number of benzene rings is 1. The second-order valence-electron chi connectivity index (χ2n) is 3.75. The van der Waals surface area contributed by atoms with Crippen molar-refractivity contribution >= 4 is 6.03 Å². The van der Waals surface area contributed by atoms with Crippen molar-refractivity contribution in [1.82, 2.24) is 10.6 Å². The fourth-order valence-electron chi connectivity index (χ4n) is 1.43. The Morgan fingerprint density at radius 2 is 1.83 bits per heavy atom. The molecule has 18 heavy (non-hydrogen) atoms. The van der Waals surface area contributed by atoms with Gasteiger partial charge in [-0.2, -0.15) is 0 Å². The Labute approximate surface area is 107 Å². The Bertz CT molecular complexity index is 330. The first kappa shape index (κ1) is 14.5. The molecule has 0 spiro atoms. The van der Waals surface area contributed by atoms with Crippen LogP contribution < -0.4 is 10.6 Å². The van der Waals surface area contributed by atoms with Crippen LogP contribution >= 0.6 is 0 Å². The summed E-state index contributed by atoms with van der Waals surface area (Å²) in [5.41, 5.74) is 1.20. The molecule has 0 aromatic heterocycles. The molecule has 0 fully saturated rings. The van der Waals surface area contributed by atoms with Gasteiger partial charge in [-0.1, -0.05) is 30.3 Å². The molecular weight excluding hydrogens is 232 g/mol. The number of hydrogen-bond acceptors (Lipinski definition) is 3. The van der Waals surface area contributed by atoms with E-state index in [1.54, 1.807) is 0 Å². The van der Waals surface area contributed by atoms with Crippen molar-refractivity contribution in [2.75, 3.05) is 32.9 Å². The number of urea groups is 1. The van der Waals surface area contributed by atoms with Crippen molar-refractivity contribution in [2.45, 2.75) is 6.42 Å². The van der Waals surface area contributed by atoms with Gasteiger partial charge in [0.05, 0.1) is 19.8 Å². The van der Waals surface area contributed by atoms with E-state index < -0.39 is 0 Å². The predicted octanol–water partition coefficient (Wildman–Crippen LogP) is 0.537. The Hall–Kier alpha value is -1.59. The van der Waals surface area contributed by atoms with Crippen molar-refractivity contribution < 1.29 is 14.6 Å². The molecule has 0 unspecified atom stereocenters. The largest absolute Gasteiger partial charge is 0.394 e. The Morgan fingerprint density at radius 3 is 2.56 bits per heavy atom. The van der Waals surface area contributed by atoms with Gasteiger partial charge < -0.3 is 20.5 Å². The number of carbonyl (C=O) groups excluding carboxylic acids is 1. The van der Waals surface area contributed by atoms with Crippen LogP contribution in [0.15, 0.2) is 30.3 Å². The summed E-state index contributed by atoms with van der Waals surface area (Å²) in [5.74, 6) is 0. The number of ether oxygens (including phenoxy) is 1. The van der Waals surface area contributed by atoms with Crippen molar-refractivity contribution in [3.63, 3.8) is 0 Å². The number of aliphatic hydroxyl groups is 1. The molecule has 0 heterocycles. The van der Waals surface area contributed by atoms with Gasteiger partial charge in [0.25, 0.3) is 0 Å². The maximum atomic E-state index is 11.3. The quantitative estimate of drug-likeness (QED) is 0.591. The minimum Gasteiger partial charge on any atom is -0.394 e. The normalized spacial score (nSPS) is 10.1. The van der Waals surface area contributed by atoms with Crippen LogP contribution in [0.5, 0.6) is 0 Å². The van der Waals surface area contributed by atoms with E-state index in [1.165, 1.54) is 5.56 Å². The molecule has 3 N–H and O–H groups in total. The molecule has 100 valence electrons.